The van der Waals surface area contributed by atoms with Crippen LogP contribution in [0.5, 0.6) is 0 Å². The molecule has 0 N–H and O–H groups in total. The minimum atomic E-state index is 0.0369. The molecule has 2 heteroatoms. The van der Waals surface area contributed by atoms with Gasteiger partial charge in [0.05, 0.1) is 5.69 Å². The fraction of sp³-hybridized carbons (Fsp3) is 0.667. The third-order valence-corrected chi connectivity index (χ3v) is 9.35. The van der Waals surface area contributed by atoms with Crippen molar-refractivity contribution in [3.63, 3.8) is 0 Å². The fourth-order valence-corrected chi connectivity index (χ4v) is 8.50. The van der Waals surface area contributed by atoms with Gasteiger partial charge in [0.15, 0.2) is 0 Å². The van der Waals surface area contributed by atoms with Gasteiger partial charge in [-0.2, -0.15) is 0 Å². The second kappa shape index (κ2) is 8.97. The van der Waals surface area contributed by atoms with Crippen molar-refractivity contribution < 1.29 is 0 Å². The highest BCUT2D eigenvalue weighted by molar-refractivity contribution is 7.63. The molecule has 0 saturated heterocycles. The molecule has 0 spiro atoms. The van der Waals surface area contributed by atoms with Crippen molar-refractivity contribution in [3.05, 3.63) is 35.4 Å². The van der Waals surface area contributed by atoms with E-state index in [1.807, 2.05) is 12.3 Å². The van der Waals surface area contributed by atoms with E-state index in [4.69, 9.17) is 0 Å². The van der Waals surface area contributed by atoms with Crippen LogP contribution in [0.25, 0.3) is 6.08 Å². The summed E-state index contributed by atoms with van der Waals surface area (Å²) in [5.74, 6) is 0. The lowest BCUT2D eigenvalue weighted by molar-refractivity contribution is 0.485. The van der Waals surface area contributed by atoms with Crippen molar-refractivity contribution in [1.82, 2.24) is 4.98 Å². The Morgan fingerprint density at radius 3 is 2.09 bits per heavy atom. The van der Waals surface area contributed by atoms with Gasteiger partial charge in [0, 0.05) is 6.20 Å². The molecule has 1 aromatic rings. The Labute approximate surface area is 143 Å². The van der Waals surface area contributed by atoms with Gasteiger partial charge < -0.3 is 0 Å². The summed E-state index contributed by atoms with van der Waals surface area (Å²) in [6, 6.07) is 6.31. The van der Waals surface area contributed by atoms with Gasteiger partial charge in [-0.05, 0) is 66.9 Å². The Hall–Kier alpha value is -0.680. The Morgan fingerprint density at radius 1 is 1.00 bits per heavy atom. The first kappa shape index (κ1) is 17.2. The summed E-state index contributed by atoms with van der Waals surface area (Å²) in [5, 5.41) is 1.75. The predicted octanol–water partition coefficient (Wildman–Crippen LogP) is 6.98. The maximum atomic E-state index is 4.57. The van der Waals surface area contributed by atoms with Gasteiger partial charge in [0.2, 0.25) is 0 Å². The van der Waals surface area contributed by atoms with E-state index < -0.39 is 0 Å². The first-order valence-electron chi connectivity index (χ1n) is 9.78. The van der Waals surface area contributed by atoms with E-state index >= 15 is 0 Å². The Kier molecular flexibility index (Phi) is 6.69. The standard InChI is InChI=1S/C21H32NP/c1-2-19(17-18-11-9-10-16-22-18)23(20-12-5-3-6-13-20)21-14-7-4-8-15-21/h9-11,16-17,20-21H,2-8,12-15H2,1H3. The smallest absolute Gasteiger partial charge is 0.0632 e. The molecule has 3 rings (SSSR count). The van der Waals surface area contributed by atoms with Crippen molar-refractivity contribution in [2.75, 3.05) is 0 Å². The summed E-state index contributed by atoms with van der Waals surface area (Å²) in [7, 11) is 0.0369. The molecule has 0 aliphatic heterocycles. The van der Waals surface area contributed by atoms with Crippen LogP contribution in [0.15, 0.2) is 29.7 Å². The van der Waals surface area contributed by atoms with E-state index in [-0.39, 0.29) is 7.92 Å². The SMILES string of the molecule is CCC(=Cc1ccccn1)P(C1CCCCC1)C1CCCCC1. The van der Waals surface area contributed by atoms with Gasteiger partial charge in [-0.3, -0.25) is 4.98 Å². The molecule has 0 radical (unpaired) electrons. The summed E-state index contributed by atoms with van der Waals surface area (Å²) in [6.45, 7) is 2.37. The van der Waals surface area contributed by atoms with Crippen LogP contribution < -0.4 is 0 Å². The number of aromatic nitrogens is 1. The molecule has 1 aromatic heterocycles. The van der Waals surface area contributed by atoms with Crippen LogP contribution in [0.3, 0.4) is 0 Å². The molecule has 1 nitrogen and oxygen atoms in total. The van der Waals surface area contributed by atoms with E-state index in [2.05, 4.69) is 30.1 Å². The molecular formula is C21H32NP. The van der Waals surface area contributed by atoms with Crippen LogP contribution in [0, 0.1) is 0 Å². The summed E-state index contributed by atoms with van der Waals surface area (Å²) < 4.78 is 0. The van der Waals surface area contributed by atoms with Gasteiger partial charge in [0.25, 0.3) is 0 Å². The zero-order valence-corrected chi connectivity index (χ0v) is 15.6. The third-order valence-electron chi connectivity index (χ3n) is 5.63. The molecule has 0 atom stereocenters. The highest BCUT2D eigenvalue weighted by atomic mass is 31.1. The molecular weight excluding hydrogens is 297 g/mol. The highest BCUT2D eigenvalue weighted by Gasteiger charge is 2.32. The minimum absolute atomic E-state index is 0.0369. The number of allylic oxidation sites excluding steroid dienone is 1. The van der Waals surface area contributed by atoms with Crippen LogP contribution in [0.2, 0.25) is 0 Å². The van der Waals surface area contributed by atoms with Gasteiger partial charge in [0.1, 0.15) is 0 Å². The number of hydrogen-bond acceptors (Lipinski definition) is 1. The Bertz CT molecular complexity index is 466. The normalized spacial score (nSPS) is 21.7. The van der Waals surface area contributed by atoms with Crippen LogP contribution >= 0.6 is 7.92 Å². The Morgan fingerprint density at radius 2 is 1.61 bits per heavy atom. The average molecular weight is 329 g/mol. The van der Waals surface area contributed by atoms with Crippen LogP contribution in [0.1, 0.15) is 83.2 Å². The van der Waals surface area contributed by atoms with E-state index in [0.29, 0.717) is 0 Å². The second-order valence-electron chi connectivity index (χ2n) is 7.23. The van der Waals surface area contributed by atoms with E-state index in [1.54, 1.807) is 5.31 Å². The Balaban J connectivity index is 1.86. The minimum Gasteiger partial charge on any atom is -0.257 e. The first-order valence-corrected chi connectivity index (χ1v) is 11.3. The van der Waals surface area contributed by atoms with Crippen molar-refractivity contribution in [3.8, 4) is 0 Å². The van der Waals surface area contributed by atoms with E-state index in [1.165, 1.54) is 76.3 Å². The maximum absolute atomic E-state index is 4.57. The molecule has 126 valence electrons. The zero-order chi connectivity index (χ0) is 15.9. The van der Waals surface area contributed by atoms with Crippen molar-refractivity contribution in [1.29, 1.82) is 0 Å². The third kappa shape index (κ3) is 4.66. The molecule has 0 aromatic carbocycles. The summed E-state index contributed by atoms with van der Waals surface area (Å²) >= 11 is 0. The zero-order valence-electron chi connectivity index (χ0n) is 14.7. The van der Waals surface area contributed by atoms with Crippen molar-refractivity contribution in [2.45, 2.75) is 88.9 Å². The predicted molar refractivity (Wildman–Crippen MR) is 103 cm³/mol. The van der Waals surface area contributed by atoms with Gasteiger partial charge in [-0.25, -0.2) is 0 Å². The number of pyridine rings is 1. The summed E-state index contributed by atoms with van der Waals surface area (Å²) in [6.07, 6.45) is 20.4. The molecule has 0 amide bonds. The lowest BCUT2D eigenvalue weighted by Crippen LogP contribution is -2.21. The maximum Gasteiger partial charge on any atom is 0.0632 e. The molecule has 2 aliphatic rings. The van der Waals surface area contributed by atoms with E-state index in [0.717, 1.165) is 11.3 Å². The number of nitrogens with zero attached hydrogens (tertiary/aromatic N) is 1. The largest absolute Gasteiger partial charge is 0.257 e. The lowest BCUT2D eigenvalue weighted by Gasteiger charge is -2.40. The molecule has 2 saturated carbocycles. The topological polar surface area (TPSA) is 12.9 Å². The molecule has 0 bridgehead atoms. The number of hydrogen-bond donors (Lipinski definition) is 0. The van der Waals surface area contributed by atoms with Gasteiger partial charge in [-0.1, -0.05) is 59.4 Å². The second-order valence-corrected chi connectivity index (χ2v) is 10.1. The van der Waals surface area contributed by atoms with Crippen LogP contribution in [0.4, 0.5) is 0 Å². The quantitative estimate of drug-likeness (QED) is 0.531. The molecule has 1 heterocycles. The van der Waals surface area contributed by atoms with Gasteiger partial charge in [-0.15, -0.1) is 0 Å². The summed E-state index contributed by atoms with van der Waals surface area (Å²) in [5.41, 5.74) is 3.16. The van der Waals surface area contributed by atoms with Crippen LogP contribution in [-0.4, -0.2) is 16.3 Å². The highest BCUT2D eigenvalue weighted by Crippen LogP contribution is 2.62. The van der Waals surface area contributed by atoms with Crippen molar-refractivity contribution in [2.24, 2.45) is 0 Å². The fourth-order valence-electron chi connectivity index (χ4n) is 4.48. The molecule has 2 aliphatic carbocycles. The molecule has 0 unspecified atom stereocenters. The first-order chi connectivity index (χ1) is 11.4. The molecule has 23 heavy (non-hydrogen) atoms. The van der Waals surface area contributed by atoms with Crippen LogP contribution in [-0.2, 0) is 0 Å². The monoisotopic (exact) mass is 329 g/mol. The lowest BCUT2D eigenvalue weighted by atomic mass is 9.99. The van der Waals surface area contributed by atoms with Gasteiger partial charge >= 0.3 is 0 Å². The van der Waals surface area contributed by atoms with E-state index in [9.17, 15) is 0 Å². The molecule has 2 fully saturated rings. The average Bonchev–Trinajstić information content (AvgIpc) is 2.64. The van der Waals surface area contributed by atoms with Crippen molar-refractivity contribution >= 4 is 14.0 Å². The summed E-state index contributed by atoms with van der Waals surface area (Å²) in [4.78, 5) is 4.57. The number of rotatable bonds is 5.